The molecule has 258 valence electrons. The second-order valence-corrected chi connectivity index (χ2v) is 13.5. The van der Waals surface area contributed by atoms with Crippen molar-refractivity contribution >= 4 is 0 Å². The maximum absolute atomic E-state index is 3.62. The van der Waals surface area contributed by atoms with E-state index in [1.54, 1.807) is 0 Å². The highest BCUT2D eigenvalue weighted by molar-refractivity contribution is 4.93. The van der Waals surface area contributed by atoms with E-state index in [1.165, 1.54) is 186 Å². The van der Waals surface area contributed by atoms with Crippen molar-refractivity contribution in [2.24, 2.45) is 5.92 Å². The molecule has 0 radical (unpaired) electrons. The summed E-state index contributed by atoms with van der Waals surface area (Å²) in [6, 6.07) is 0. The van der Waals surface area contributed by atoms with Crippen LogP contribution in [-0.2, 0) is 0 Å². The van der Waals surface area contributed by atoms with E-state index in [-0.39, 0.29) is 0 Å². The van der Waals surface area contributed by atoms with E-state index in [0.29, 0.717) is 0 Å². The average molecular weight is 612 g/mol. The Bertz CT molecular complexity index is 579. The Hall–Kier alpha value is -1.08. The zero-order valence-corrected chi connectivity index (χ0v) is 30.6. The quantitative estimate of drug-likeness (QED) is 0.0549. The normalized spacial score (nSPS) is 12.5. The van der Waals surface area contributed by atoms with E-state index in [1.807, 2.05) is 0 Å². The van der Waals surface area contributed by atoms with E-state index in [0.717, 1.165) is 18.8 Å². The Kier molecular flexibility index (Phi) is 39.0. The molecule has 0 heterocycles. The predicted octanol–water partition coefficient (Wildman–Crippen LogP) is 14.8. The highest BCUT2D eigenvalue weighted by atomic mass is 14.8. The van der Waals surface area contributed by atoms with Gasteiger partial charge in [0.25, 0.3) is 0 Å². The highest BCUT2D eigenvalue weighted by Gasteiger charge is 2.08. The van der Waals surface area contributed by atoms with Crippen LogP contribution in [0, 0.1) is 5.92 Å². The van der Waals surface area contributed by atoms with Gasteiger partial charge in [-0.2, -0.15) is 0 Å². The summed E-state index contributed by atoms with van der Waals surface area (Å²) < 4.78 is 0. The van der Waals surface area contributed by atoms with Crippen LogP contribution in [0.1, 0.15) is 207 Å². The number of hydrogen-bond acceptors (Lipinski definition) is 1. The molecule has 0 aromatic carbocycles. The molecule has 0 aliphatic heterocycles. The first-order chi connectivity index (χ1) is 21.8. The van der Waals surface area contributed by atoms with Crippen LogP contribution in [0.4, 0.5) is 0 Å². The molecule has 0 aromatic heterocycles. The second-order valence-electron chi connectivity index (χ2n) is 13.5. The van der Waals surface area contributed by atoms with Crippen LogP contribution < -0.4 is 5.32 Å². The second kappa shape index (κ2) is 39.9. The van der Waals surface area contributed by atoms with Crippen LogP contribution in [0.5, 0.6) is 0 Å². The zero-order chi connectivity index (χ0) is 31.9. The molecule has 0 aromatic rings. The van der Waals surface area contributed by atoms with Gasteiger partial charge in [0.2, 0.25) is 0 Å². The monoisotopic (exact) mass is 612 g/mol. The van der Waals surface area contributed by atoms with Gasteiger partial charge in [-0.1, -0.05) is 172 Å². The van der Waals surface area contributed by atoms with Crippen LogP contribution in [0.25, 0.3) is 0 Å². The molecule has 1 nitrogen and oxygen atoms in total. The van der Waals surface area contributed by atoms with Gasteiger partial charge in [0.1, 0.15) is 0 Å². The Morgan fingerprint density at radius 3 is 1.11 bits per heavy atom. The molecule has 44 heavy (non-hydrogen) atoms. The number of hydrogen-bond donors (Lipinski definition) is 1. The third kappa shape index (κ3) is 37.1. The van der Waals surface area contributed by atoms with E-state index in [4.69, 9.17) is 0 Å². The van der Waals surface area contributed by atoms with Crippen molar-refractivity contribution in [3.63, 3.8) is 0 Å². The Morgan fingerprint density at radius 1 is 0.341 bits per heavy atom. The molecule has 0 aliphatic carbocycles. The summed E-state index contributed by atoms with van der Waals surface area (Å²) in [6.45, 7) is 9.23. The SMILES string of the molecule is CCCCC/C=C\C/C=C\CCCCCCCCC(CCCCCCCC/C=C\C/C=C\CCCCC)CCCNCCC. The van der Waals surface area contributed by atoms with E-state index >= 15 is 0 Å². The Labute approximate surface area is 279 Å². The van der Waals surface area contributed by atoms with Gasteiger partial charge in [-0.15, -0.1) is 0 Å². The number of rotatable bonds is 36. The first kappa shape index (κ1) is 42.9. The summed E-state index contributed by atoms with van der Waals surface area (Å²) in [6.07, 6.45) is 58.5. The number of allylic oxidation sites excluding steroid dienone is 8. The first-order valence-electron chi connectivity index (χ1n) is 20.2. The zero-order valence-electron chi connectivity index (χ0n) is 30.6. The first-order valence-corrected chi connectivity index (χ1v) is 20.2. The molecule has 0 amide bonds. The standard InChI is InChI=1S/C43H81N/c1-4-7-9-11-13-15-17-19-21-23-25-27-29-31-33-35-38-43(40-37-42-44-41-6-3)39-36-34-32-30-28-26-24-22-20-18-16-14-12-10-8-5-2/h13-16,19-22,43-44H,4-12,17-18,23-42H2,1-3H3/b15-13-,16-14-,21-19-,22-20-. The Balaban J connectivity index is 3.82. The van der Waals surface area contributed by atoms with Crippen LogP contribution in [0.2, 0.25) is 0 Å². The maximum Gasteiger partial charge on any atom is -0.00488 e. The maximum atomic E-state index is 3.62. The minimum atomic E-state index is 0.968. The van der Waals surface area contributed by atoms with Gasteiger partial charge in [-0.05, 0) is 102 Å². The topological polar surface area (TPSA) is 12.0 Å². The van der Waals surface area contributed by atoms with Crippen molar-refractivity contribution in [3.05, 3.63) is 48.6 Å². The van der Waals surface area contributed by atoms with Crippen molar-refractivity contribution in [3.8, 4) is 0 Å². The molecule has 0 atom stereocenters. The van der Waals surface area contributed by atoms with Crippen LogP contribution in [0.15, 0.2) is 48.6 Å². The molecular weight excluding hydrogens is 530 g/mol. The van der Waals surface area contributed by atoms with E-state index in [9.17, 15) is 0 Å². The summed E-state index contributed by atoms with van der Waals surface area (Å²) in [4.78, 5) is 0. The fourth-order valence-electron chi connectivity index (χ4n) is 6.09. The minimum Gasteiger partial charge on any atom is -0.317 e. The number of nitrogens with one attached hydrogen (secondary N) is 1. The predicted molar refractivity (Wildman–Crippen MR) is 204 cm³/mol. The summed E-state index contributed by atoms with van der Waals surface area (Å²) in [5, 5.41) is 3.62. The molecule has 1 N–H and O–H groups in total. The van der Waals surface area contributed by atoms with Gasteiger partial charge in [0.15, 0.2) is 0 Å². The third-order valence-corrected chi connectivity index (χ3v) is 9.02. The molecule has 0 unspecified atom stereocenters. The van der Waals surface area contributed by atoms with E-state index < -0.39 is 0 Å². The lowest BCUT2D eigenvalue weighted by Crippen LogP contribution is -2.17. The average Bonchev–Trinajstić information content (AvgIpc) is 3.03. The molecule has 0 rings (SSSR count). The summed E-state index contributed by atoms with van der Waals surface area (Å²) in [5.74, 6) is 0.968. The van der Waals surface area contributed by atoms with Crippen molar-refractivity contribution in [2.75, 3.05) is 13.1 Å². The van der Waals surface area contributed by atoms with Gasteiger partial charge < -0.3 is 5.32 Å². The Morgan fingerprint density at radius 2 is 0.705 bits per heavy atom. The smallest absolute Gasteiger partial charge is 0.00488 e. The van der Waals surface area contributed by atoms with Crippen molar-refractivity contribution in [1.82, 2.24) is 5.32 Å². The molecule has 0 saturated heterocycles. The van der Waals surface area contributed by atoms with Gasteiger partial charge in [0.05, 0.1) is 0 Å². The van der Waals surface area contributed by atoms with Crippen LogP contribution in [-0.4, -0.2) is 13.1 Å². The molecule has 0 fully saturated rings. The van der Waals surface area contributed by atoms with Crippen molar-refractivity contribution in [1.29, 1.82) is 0 Å². The lowest BCUT2D eigenvalue weighted by Gasteiger charge is -2.17. The molecule has 0 saturated carbocycles. The van der Waals surface area contributed by atoms with Gasteiger partial charge >= 0.3 is 0 Å². The molecule has 1 heteroatoms. The fraction of sp³-hybridized carbons (Fsp3) is 0.814. The lowest BCUT2D eigenvalue weighted by atomic mass is 9.90. The molecular formula is C43H81N. The van der Waals surface area contributed by atoms with Crippen LogP contribution in [0.3, 0.4) is 0 Å². The fourth-order valence-corrected chi connectivity index (χ4v) is 6.09. The lowest BCUT2D eigenvalue weighted by molar-refractivity contribution is 0.369. The van der Waals surface area contributed by atoms with Gasteiger partial charge in [-0.3, -0.25) is 0 Å². The van der Waals surface area contributed by atoms with E-state index in [2.05, 4.69) is 74.7 Å². The van der Waals surface area contributed by atoms with Gasteiger partial charge in [0, 0.05) is 0 Å². The summed E-state index contributed by atoms with van der Waals surface area (Å²) in [5.41, 5.74) is 0. The van der Waals surface area contributed by atoms with Crippen molar-refractivity contribution < 1.29 is 0 Å². The largest absolute Gasteiger partial charge is 0.317 e. The summed E-state index contributed by atoms with van der Waals surface area (Å²) in [7, 11) is 0. The highest BCUT2D eigenvalue weighted by Crippen LogP contribution is 2.23. The molecule has 0 spiro atoms. The minimum absolute atomic E-state index is 0.968. The summed E-state index contributed by atoms with van der Waals surface area (Å²) >= 11 is 0. The molecule has 0 bridgehead atoms. The third-order valence-electron chi connectivity index (χ3n) is 9.02. The van der Waals surface area contributed by atoms with Gasteiger partial charge in [-0.25, -0.2) is 0 Å². The molecule has 0 aliphatic rings. The number of unbranched alkanes of at least 4 members (excludes halogenated alkanes) is 18. The van der Waals surface area contributed by atoms with Crippen LogP contribution >= 0.6 is 0 Å². The van der Waals surface area contributed by atoms with Crippen molar-refractivity contribution in [2.45, 2.75) is 207 Å².